The molecule has 1 aromatic carbocycles. The number of allylic oxidation sites excluding steroid dienone is 2. The van der Waals surface area contributed by atoms with Crippen LogP contribution in [0, 0.1) is 6.92 Å². The van der Waals surface area contributed by atoms with Gasteiger partial charge in [0.2, 0.25) is 0 Å². The molecule has 1 saturated carbocycles. The number of benzene rings is 1. The van der Waals surface area contributed by atoms with Gasteiger partial charge in [0, 0.05) is 32.3 Å². The van der Waals surface area contributed by atoms with Crippen molar-refractivity contribution in [2.24, 2.45) is 11.5 Å². The monoisotopic (exact) mass is 357 g/mol. The molecule has 1 aromatic heterocycles. The highest BCUT2D eigenvalue weighted by Gasteiger charge is 2.14. The van der Waals surface area contributed by atoms with E-state index in [1.807, 2.05) is 38.1 Å². The summed E-state index contributed by atoms with van der Waals surface area (Å²) in [6.07, 6.45) is 8.04. The minimum atomic E-state index is 0.242. The number of nitrogens with one attached hydrogen (secondary N) is 1. The Labute approximate surface area is 153 Å². The zero-order chi connectivity index (χ0) is 18.0. The fourth-order valence-electron chi connectivity index (χ4n) is 3.49. The number of fused-ring (bicyclic) bond motifs is 1. The van der Waals surface area contributed by atoms with Crippen molar-refractivity contribution in [1.29, 1.82) is 0 Å². The molecule has 0 aliphatic heterocycles. The quantitative estimate of drug-likeness (QED) is 0.614. The molecule has 6 N–H and O–H groups in total. The molecular weight excluding hydrogens is 330 g/mol. The average molecular weight is 358 g/mol. The zero-order valence-electron chi connectivity index (χ0n) is 14.9. The second-order valence-electron chi connectivity index (χ2n) is 6.91. The van der Waals surface area contributed by atoms with Gasteiger partial charge in [0.15, 0.2) is 0 Å². The number of aryl methyl sites for hydroxylation is 1. The molecule has 25 heavy (non-hydrogen) atoms. The number of phenols is 1. The van der Waals surface area contributed by atoms with Crippen molar-refractivity contribution in [3.63, 3.8) is 0 Å². The summed E-state index contributed by atoms with van der Waals surface area (Å²) in [5, 5.41) is 14.8. The molecule has 3 rings (SSSR count). The van der Waals surface area contributed by atoms with Crippen molar-refractivity contribution in [1.82, 2.24) is 5.32 Å². The van der Waals surface area contributed by atoms with Gasteiger partial charge in [0.05, 0.1) is 5.82 Å². The van der Waals surface area contributed by atoms with Crippen LogP contribution in [0.1, 0.15) is 49.5 Å². The van der Waals surface area contributed by atoms with E-state index in [-0.39, 0.29) is 5.75 Å². The first kappa shape index (κ1) is 17.7. The van der Waals surface area contributed by atoms with Gasteiger partial charge in [-0.05, 0) is 56.5 Å². The average Bonchev–Trinajstić information content (AvgIpc) is 2.97. The first-order valence-corrected chi connectivity index (χ1v) is 9.70. The molecule has 0 unspecified atom stereocenters. The summed E-state index contributed by atoms with van der Waals surface area (Å²) in [4.78, 5) is 1.17. The zero-order valence-corrected chi connectivity index (χ0v) is 15.7. The van der Waals surface area contributed by atoms with E-state index in [1.165, 1.54) is 37.0 Å². The minimum Gasteiger partial charge on any atom is -0.507 e. The van der Waals surface area contributed by atoms with E-state index in [0.717, 1.165) is 15.7 Å². The lowest BCUT2D eigenvalue weighted by molar-refractivity contribution is 0.395. The van der Waals surface area contributed by atoms with Crippen molar-refractivity contribution in [2.75, 3.05) is 0 Å². The number of thiophene rings is 1. The van der Waals surface area contributed by atoms with Crippen LogP contribution in [0.25, 0.3) is 15.8 Å². The molecule has 0 saturated heterocycles. The van der Waals surface area contributed by atoms with Crippen molar-refractivity contribution < 1.29 is 5.11 Å². The highest BCUT2D eigenvalue weighted by molar-refractivity contribution is 7.19. The van der Waals surface area contributed by atoms with E-state index in [4.69, 9.17) is 11.5 Å². The predicted octanol–water partition coefficient (Wildman–Crippen LogP) is 4.33. The van der Waals surface area contributed by atoms with Gasteiger partial charge in [0.25, 0.3) is 0 Å². The molecule has 0 amide bonds. The summed E-state index contributed by atoms with van der Waals surface area (Å²) in [6.45, 7) is 3.96. The van der Waals surface area contributed by atoms with E-state index in [1.54, 1.807) is 11.3 Å². The highest BCUT2D eigenvalue weighted by atomic mass is 32.1. The summed E-state index contributed by atoms with van der Waals surface area (Å²) in [5.41, 5.74) is 14.5. The molecule has 0 radical (unpaired) electrons. The first-order valence-electron chi connectivity index (χ1n) is 8.88. The summed E-state index contributed by atoms with van der Waals surface area (Å²) < 4.78 is 1.07. The van der Waals surface area contributed by atoms with Crippen LogP contribution in [0.2, 0.25) is 0 Å². The highest BCUT2D eigenvalue weighted by Crippen LogP contribution is 2.37. The second-order valence-corrected chi connectivity index (χ2v) is 8.19. The maximum atomic E-state index is 10.6. The SMILES string of the molecule is CC(/C=C(\N)NC1CCCCC1)=C(/N)c1ccc2sc(C)cc2c1O. The fourth-order valence-corrected chi connectivity index (χ4v) is 4.41. The number of rotatable bonds is 4. The smallest absolute Gasteiger partial charge is 0.133 e. The predicted molar refractivity (Wildman–Crippen MR) is 107 cm³/mol. The minimum absolute atomic E-state index is 0.242. The normalized spacial score (nSPS) is 17.6. The Balaban J connectivity index is 1.85. The number of hydrogen-bond donors (Lipinski definition) is 4. The summed E-state index contributed by atoms with van der Waals surface area (Å²) in [7, 11) is 0. The van der Waals surface area contributed by atoms with Gasteiger partial charge in [0.1, 0.15) is 5.75 Å². The van der Waals surface area contributed by atoms with E-state index in [2.05, 4.69) is 5.32 Å². The van der Waals surface area contributed by atoms with E-state index in [0.29, 0.717) is 23.1 Å². The first-order chi connectivity index (χ1) is 12.0. The van der Waals surface area contributed by atoms with Gasteiger partial charge in [-0.25, -0.2) is 0 Å². The van der Waals surface area contributed by atoms with Crippen LogP contribution >= 0.6 is 11.3 Å². The molecule has 1 aliphatic rings. The van der Waals surface area contributed by atoms with Gasteiger partial charge in [-0.3, -0.25) is 0 Å². The molecule has 0 spiro atoms. The summed E-state index contributed by atoms with van der Waals surface area (Å²) in [6, 6.07) is 6.34. The Morgan fingerprint density at radius 1 is 1.24 bits per heavy atom. The Kier molecular flexibility index (Phi) is 5.23. The summed E-state index contributed by atoms with van der Waals surface area (Å²) >= 11 is 1.67. The lowest BCUT2D eigenvalue weighted by Gasteiger charge is -2.24. The molecule has 0 bridgehead atoms. The van der Waals surface area contributed by atoms with Gasteiger partial charge in [-0.1, -0.05) is 19.3 Å². The molecule has 1 aliphatic carbocycles. The van der Waals surface area contributed by atoms with Crippen molar-refractivity contribution in [2.45, 2.75) is 52.0 Å². The van der Waals surface area contributed by atoms with Gasteiger partial charge >= 0.3 is 0 Å². The van der Waals surface area contributed by atoms with Crippen LogP contribution in [0.5, 0.6) is 5.75 Å². The Morgan fingerprint density at radius 3 is 2.68 bits per heavy atom. The molecule has 1 heterocycles. The molecule has 2 aromatic rings. The van der Waals surface area contributed by atoms with Crippen LogP contribution in [-0.4, -0.2) is 11.1 Å². The molecule has 0 atom stereocenters. The van der Waals surface area contributed by atoms with Gasteiger partial charge in [-0.15, -0.1) is 11.3 Å². The molecular formula is C20H27N3OS. The van der Waals surface area contributed by atoms with E-state index >= 15 is 0 Å². The largest absolute Gasteiger partial charge is 0.507 e. The van der Waals surface area contributed by atoms with E-state index in [9.17, 15) is 5.11 Å². The van der Waals surface area contributed by atoms with Gasteiger partial charge < -0.3 is 21.9 Å². The Bertz CT molecular complexity index is 829. The third kappa shape index (κ3) is 3.93. The summed E-state index contributed by atoms with van der Waals surface area (Å²) in [5.74, 6) is 0.880. The van der Waals surface area contributed by atoms with Crippen LogP contribution in [0.4, 0.5) is 0 Å². The lowest BCUT2D eigenvalue weighted by Crippen LogP contribution is -2.33. The van der Waals surface area contributed by atoms with Crippen LogP contribution in [0.15, 0.2) is 35.7 Å². The standard InChI is InChI=1S/C20H27N3OS/c1-12(10-18(21)23-14-6-4-3-5-7-14)19(22)15-8-9-17-16(20(15)24)11-13(2)25-17/h8-11,14,23-24H,3-7,21-22H2,1-2H3/b18-10+,19-12-. The van der Waals surface area contributed by atoms with E-state index < -0.39 is 0 Å². The fraction of sp³-hybridized carbons (Fsp3) is 0.400. The van der Waals surface area contributed by atoms with Gasteiger partial charge in [-0.2, -0.15) is 0 Å². The maximum absolute atomic E-state index is 10.6. The molecule has 5 heteroatoms. The van der Waals surface area contributed by atoms with Crippen LogP contribution < -0.4 is 16.8 Å². The Hall–Kier alpha value is -2.14. The lowest BCUT2D eigenvalue weighted by atomic mass is 9.95. The second kappa shape index (κ2) is 7.40. The van der Waals surface area contributed by atoms with Crippen LogP contribution in [0.3, 0.4) is 0 Å². The maximum Gasteiger partial charge on any atom is 0.133 e. The third-order valence-electron chi connectivity index (χ3n) is 4.86. The number of nitrogens with two attached hydrogens (primary N) is 2. The number of phenolic OH excluding ortho intramolecular Hbond substituents is 1. The Morgan fingerprint density at radius 2 is 1.96 bits per heavy atom. The topological polar surface area (TPSA) is 84.3 Å². The van der Waals surface area contributed by atoms with Crippen molar-refractivity contribution in [3.8, 4) is 5.75 Å². The van der Waals surface area contributed by atoms with Crippen molar-refractivity contribution in [3.05, 3.63) is 46.1 Å². The molecule has 1 fully saturated rings. The number of aromatic hydroxyl groups is 1. The third-order valence-corrected chi connectivity index (χ3v) is 5.87. The van der Waals surface area contributed by atoms with Crippen LogP contribution in [-0.2, 0) is 0 Å². The number of hydrogen-bond acceptors (Lipinski definition) is 5. The molecule has 134 valence electrons. The molecule has 4 nitrogen and oxygen atoms in total. The van der Waals surface area contributed by atoms with Crippen molar-refractivity contribution >= 4 is 27.1 Å².